The molecule has 1 rings (SSSR count). The van der Waals surface area contributed by atoms with Gasteiger partial charge in [-0.3, -0.25) is 4.79 Å². The van der Waals surface area contributed by atoms with E-state index in [0.717, 1.165) is 0 Å². The van der Waals surface area contributed by atoms with Crippen molar-refractivity contribution in [3.8, 4) is 0 Å². The number of rotatable bonds is 3. The van der Waals surface area contributed by atoms with Crippen molar-refractivity contribution in [3.63, 3.8) is 0 Å². The van der Waals surface area contributed by atoms with Gasteiger partial charge in [-0.2, -0.15) is 13.2 Å². The molecular weight excluding hydrogens is 268 g/mol. The van der Waals surface area contributed by atoms with Crippen molar-refractivity contribution in [1.82, 2.24) is 4.98 Å². The number of hydrogen-bond donors (Lipinski definition) is 1. The highest BCUT2D eigenvalue weighted by atomic mass is 19.4. The molecule has 0 saturated heterocycles. The molecule has 0 aliphatic heterocycles. The van der Waals surface area contributed by atoms with Crippen LogP contribution in [0, 0.1) is 5.82 Å². The molecule has 1 aromatic heterocycles. The van der Waals surface area contributed by atoms with Crippen molar-refractivity contribution in [3.05, 3.63) is 28.8 Å². The van der Waals surface area contributed by atoms with Crippen molar-refractivity contribution >= 4 is 5.97 Å². The van der Waals surface area contributed by atoms with E-state index in [1.807, 2.05) is 0 Å². The number of carboxylic acids is 1. The summed E-state index contributed by atoms with van der Waals surface area (Å²) in [7, 11) is 0. The molecule has 0 radical (unpaired) electrons. The van der Waals surface area contributed by atoms with E-state index >= 15 is 0 Å². The predicted molar refractivity (Wildman–Crippen MR) is 45.5 cm³/mol. The molecule has 0 unspecified atom stereocenters. The van der Waals surface area contributed by atoms with Gasteiger partial charge in [-0.05, 0) is 6.07 Å². The minimum atomic E-state index is -5.07. The number of halogens is 6. The molecule has 1 N–H and O–H groups in total. The highest BCUT2D eigenvalue weighted by molar-refractivity contribution is 5.70. The van der Waals surface area contributed by atoms with Crippen molar-refractivity contribution < 1.29 is 36.2 Å². The van der Waals surface area contributed by atoms with Crippen LogP contribution in [0.4, 0.5) is 26.3 Å². The van der Waals surface area contributed by atoms with Gasteiger partial charge in [0.1, 0.15) is 5.69 Å². The van der Waals surface area contributed by atoms with Crippen LogP contribution >= 0.6 is 0 Å². The average Bonchev–Trinajstić information content (AvgIpc) is 2.17. The normalized spacial score (nSPS) is 11.9. The van der Waals surface area contributed by atoms with E-state index in [1.165, 1.54) is 0 Å². The van der Waals surface area contributed by atoms with Gasteiger partial charge < -0.3 is 5.11 Å². The third-order valence-electron chi connectivity index (χ3n) is 1.91. The molecule has 0 saturated carbocycles. The summed E-state index contributed by atoms with van der Waals surface area (Å²) in [6.45, 7) is 0. The van der Waals surface area contributed by atoms with Crippen LogP contribution in [0.15, 0.2) is 6.07 Å². The van der Waals surface area contributed by atoms with E-state index in [9.17, 15) is 31.1 Å². The molecule has 0 aliphatic carbocycles. The van der Waals surface area contributed by atoms with Crippen LogP contribution in [-0.4, -0.2) is 16.1 Å². The Morgan fingerprint density at radius 1 is 1.39 bits per heavy atom. The summed E-state index contributed by atoms with van der Waals surface area (Å²) in [6.07, 6.45) is -9.73. The molecule has 9 heteroatoms. The van der Waals surface area contributed by atoms with Crippen LogP contribution in [-0.2, 0) is 17.4 Å². The summed E-state index contributed by atoms with van der Waals surface area (Å²) in [5, 5.41) is 8.37. The Hall–Kier alpha value is -1.80. The number of carboxylic acid groups (broad SMARTS) is 1. The highest BCUT2D eigenvalue weighted by Crippen LogP contribution is 2.34. The third kappa shape index (κ3) is 3.11. The summed E-state index contributed by atoms with van der Waals surface area (Å²) in [5.41, 5.74) is -4.32. The maximum Gasteiger partial charge on any atom is 0.418 e. The Labute approximate surface area is 96.1 Å². The third-order valence-corrected chi connectivity index (χ3v) is 1.91. The number of pyridine rings is 1. The van der Waals surface area contributed by atoms with Gasteiger partial charge in [-0.15, -0.1) is 0 Å². The molecular formula is C9H5F6NO2. The molecule has 0 aromatic carbocycles. The largest absolute Gasteiger partial charge is 0.481 e. The SMILES string of the molecule is O=C(O)Cc1nc(C(F)F)c(F)cc1C(F)(F)F. The Kier molecular flexibility index (Phi) is 3.82. The van der Waals surface area contributed by atoms with E-state index in [1.54, 1.807) is 0 Å². The first-order chi connectivity index (χ1) is 8.12. The highest BCUT2D eigenvalue weighted by Gasteiger charge is 2.36. The van der Waals surface area contributed by atoms with Crippen LogP contribution in [0.5, 0.6) is 0 Å². The Morgan fingerprint density at radius 3 is 2.33 bits per heavy atom. The predicted octanol–water partition coefficient (Wildman–Crippen LogP) is 2.80. The minimum absolute atomic E-state index is 0.174. The maximum absolute atomic E-state index is 13.0. The number of carbonyl (C=O) groups is 1. The molecule has 0 atom stereocenters. The van der Waals surface area contributed by atoms with Crippen molar-refractivity contribution in [2.45, 2.75) is 19.0 Å². The monoisotopic (exact) mass is 273 g/mol. The fraction of sp³-hybridized carbons (Fsp3) is 0.333. The lowest BCUT2D eigenvalue weighted by Crippen LogP contribution is -2.16. The summed E-state index contributed by atoms with van der Waals surface area (Å²) in [6, 6.07) is -0.174. The second-order valence-corrected chi connectivity index (χ2v) is 3.22. The molecule has 0 aliphatic rings. The van der Waals surface area contributed by atoms with Crippen LogP contribution in [0.25, 0.3) is 0 Å². The summed E-state index contributed by atoms with van der Waals surface area (Å²) in [5.74, 6) is -3.52. The van der Waals surface area contributed by atoms with Gasteiger partial charge in [0.05, 0.1) is 17.7 Å². The van der Waals surface area contributed by atoms with Gasteiger partial charge in [-0.25, -0.2) is 18.2 Å². The first-order valence-corrected chi connectivity index (χ1v) is 4.39. The van der Waals surface area contributed by atoms with E-state index in [2.05, 4.69) is 4.98 Å². The molecule has 0 amide bonds. The lowest BCUT2D eigenvalue weighted by Gasteiger charge is -2.13. The fourth-order valence-corrected chi connectivity index (χ4v) is 1.22. The average molecular weight is 273 g/mol. The minimum Gasteiger partial charge on any atom is -0.481 e. The Morgan fingerprint density at radius 2 is 1.94 bits per heavy atom. The molecule has 0 fully saturated rings. The van der Waals surface area contributed by atoms with Gasteiger partial charge in [0.2, 0.25) is 0 Å². The topological polar surface area (TPSA) is 50.2 Å². The number of aromatic nitrogens is 1. The van der Waals surface area contributed by atoms with Crippen molar-refractivity contribution in [2.24, 2.45) is 0 Å². The van der Waals surface area contributed by atoms with Crippen LogP contribution in [0.2, 0.25) is 0 Å². The fourth-order valence-electron chi connectivity index (χ4n) is 1.22. The van der Waals surface area contributed by atoms with Gasteiger partial charge in [0.25, 0.3) is 6.43 Å². The summed E-state index contributed by atoms with van der Waals surface area (Å²) >= 11 is 0. The standard InChI is InChI=1S/C9H5F6NO2/c10-4-1-3(9(13,14)15)5(2-6(17)18)16-7(4)8(11)12/h1,8H,2H2,(H,17,18). The first kappa shape index (κ1) is 14.3. The number of alkyl halides is 5. The van der Waals surface area contributed by atoms with E-state index in [-0.39, 0.29) is 6.07 Å². The second-order valence-electron chi connectivity index (χ2n) is 3.22. The zero-order valence-electron chi connectivity index (χ0n) is 8.43. The van der Waals surface area contributed by atoms with Gasteiger partial charge in [0, 0.05) is 0 Å². The zero-order chi connectivity index (χ0) is 14.1. The second kappa shape index (κ2) is 4.83. The lowest BCUT2D eigenvalue weighted by atomic mass is 10.1. The number of nitrogens with zero attached hydrogens (tertiary/aromatic N) is 1. The van der Waals surface area contributed by atoms with Crippen LogP contribution < -0.4 is 0 Å². The van der Waals surface area contributed by atoms with Crippen LogP contribution in [0.3, 0.4) is 0 Å². The van der Waals surface area contributed by atoms with Crippen molar-refractivity contribution in [1.29, 1.82) is 0 Å². The molecule has 0 bridgehead atoms. The molecule has 3 nitrogen and oxygen atoms in total. The molecule has 18 heavy (non-hydrogen) atoms. The molecule has 0 spiro atoms. The number of hydrogen-bond acceptors (Lipinski definition) is 2. The molecule has 100 valence electrons. The zero-order valence-corrected chi connectivity index (χ0v) is 8.43. The lowest BCUT2D eigenvalue weighted by molar-refractivity contribution is -0.140. The Bertz CT molecular complexity index is 471. The van der Waals surface area contributed by atoms with E-state index < -0.39 is 47.8 Å². The smallest absolute Gasteiger partial charge is 0.418 e. The van der Waals surface area contributed by atoms with Gasteiger partial charge >= 0.3 is 12.1 Å². The van der Waals surface area contributed by atoms with Crippen LogP contribution in [0.1, 0.15) is 23.4 Å². The number of aliphatic carboxylic acids is 1. The van der Waals surface area contributed by atoms with Gasteiger partial charge in [-0.1, -0.05) is 0 Å². The summed E-state index contributed by atoms with van der Waals surface area (Å²) in [4.78, 5) is 13.1. The van der Waals surface area contributed by atoms with Crippen molar-refractivity contribution in [2.75, 3.05) is 0 Å². The maximum atomic E-state index is 13.0. The summed E-state index contributed by atoms with van der Waals surface area (Å²) < 4.78 is 74.7. The molecule has 1 heterocycles. The van der Waals surface area contributed by atoms with E-state index in [0.29, 0.717) is 0 Å². The Balaban J connectivity index is 3.42. The first-order valence-electron chi connectivity index (χ1n) is 4.39. The van der Waals surface area contributed by atoms with E-state index in [4.69, 9.17) is 5.11 Å². The quantitative estimate of drug-likeness (QED) is 0.861. The molecule has 1 aromatic rings. The van der Waals surface area contributed by atoms with Gasteiger partial charge in [0.15, 0.2) is 5.82 Å².